The van der Waals surface area contributed by atoms with Crippen molar-refractivity contribution in [2.75, 3.05) is 14.7 Å². The molecule has 4 heterocycles. The Labute approximate surface area is 373 Å². The van der Waals surface area contributed by atoms with Crippen LogP contribution in [-0.2, 0) is 0 Å². The van der Waals surface area contributed by atoms with Gasteiger partial charge in [-0.25, -0.2) is 0 Å². The van der Waals surface area contributed by atoms with Crippen molar-refractivity contribution in [1.82, 2.24) is 9.97 Å². The van der Waals surface area contributed by atoms with Crippen LogP contribution in [0.5, 0.6) is 0 Å². The minimum absolute atomic E-state index is 0.0195. The smallest absolute Gasteiger partial charge is 0.252 e. The predicted octanol–water partition coefficient (Wildman–Crippen LogP) is 13.0. The molecule has 6 heteroatoms. The normalized spacial score (nSPS) is 12.3. The van der Waals surface area contributed by atoms with Gasteiger partial charge in [-0.1, -0.05) is 109 Å². The molecule has 2 aliphatic rings. The Kier molecular flexibility index (Phi) is 9.19. The van der Waals surface area contributed by atoms with Crippen molar-refractivity contribution >= 4 is 74.3 Å². The third kappa shape index (κ3) is 6.43. The average molecular weight is 818 g/mol. The number of para-hydroxylation sites is 3. The number of fused-ring (bicyclic) bond motifs is 4. The number of rotatable bonds is 8. The summed E-state index contributed by atoms with van der Waals surface area (Å²) in [5.41, 5.74) is 20.8. The van der Waals surface area contributed by atoms with E-state index in [4.69, 9.17) is 0 Å². The Hall–Kier alpha value is -8.48. The number of aromatic nitrogens is 2. The van der Waals surface area contributed by atoms with Crippen LogP contribution in [0.3, 0.4) is 0 Å². The van der Waals surface area contributed by atoms with E-state index in [1.54, 1.807) is 0 Å². The van der Waals surface area contributed by atoms with Crippen LogP contribution >= 0.6 is 0 Å². The molecule has 0 aliphatic carbocycles. The minimum Gasteiger partial charge on any atom is -0.311 e. The van der Waals surface area contributed by atoms with Crippen molar-refractivity contribution in [2.24, 2.45) is 0 Å². The first kappa shape index (κ1) is 37.3. The Balaban J connectivity index is 1.09. The SMILES string of the molecule is c1ccc(-c2cc(-c3ccncc3)cc(N3c4ccccc4B4c5ccc(N(c6ccccc6)c6ccccc6)cc5N(c5ccc(-c6ccncc6)cc5)c5cccc3c54)c2)cc1. The van der Waals surface area contributed by atoms with Crippen molar-refractivity contribution < 1.29 is 0 Å². The maximum atomic E-state index is 4.35. The molecule has 2 aromatic heterocycles. The number of hydrogen-bond donors (Lipinski definition) is 0. The second-order valence-electron chi connectivity index (χ2n) is 16.3. The molecule has 0 atom stereocenters. The molecular weight excluding hydrogens is 777 g/mol. The largest absolute Gasteiger partial charge is 0.311 e. The number of hydrogen-bond acceptors (Lipinski definition) is 5. The molecule has 300 valence electrons. The lowest BCUT2D eigenvalue weighted by molar-refractivity contribution is 1.24. The van der Waals surface area contributed by atoms with Gasteiger partial charge in [0.1, 0.15) is 0 Å². The van der Waals surface area contributed by atoms with Crippen molar-refractivity contribution in [3.8, 4) is 33.4 Å². The number of nitrogens with zero attached hydrogens (tertiary/aromatic N) is 5. The van der Waals surface area contributed by atoms with E-state index in [1.165, 1.54) is 27.6 Å². The average Bonchev–Trinajstić information content (AvgIpc) is 3.38. The summed E-state index contributed by atoms with van der Waals surface area (Å²) in [4.78, 5) is 15.9. The lowest BCUT2D eigenvalue weighted by Crippen LogP contribution is -2.61. The van der Waals surface area contributed by atoms with Crippen LogP contribution in [0.4, 0.5) is 51.2 Å². The first-order valence-corrected chi connectivity index (χ1v) is 21.7. The highest BCUT2D eigenvalue weighted by Gasteiger charge is 2.43. The maximum Gasteiger partial charge on any atom is 0.252 e. The van der Waals surface area contributed by atoms with E-state index in [2.05, 4.69) is 243 Å². The molecule has 10 aromatic rings. The zero-order valence-corrected chi connectivity index (χ0v) is 34.9. The summed E-state index contributed by atoms with van der Waals surface area (Å²) < 4.78 is 0. The Bertz CT molecular complexity index is 3180. The fourth-order valence-electron chi connectivity index (χ4n) is 9.76. The van der Waals surface area contributed by atoms with Crippen LogP contribution in [0.2, 0.25) is 0 Å². The molecule has 0 spiro atoms. The summed E-state index contributed by atoms with van der Waals surface area (Å²) in [6.07, 6.45) is 7.45. The molecule has 0 unspecified atom stereocenters. The maximum absolute atomic E-state index is 4.35. The van der Waals surface area contributed by atoms with Crippen LogP contribution in [0.25, 0.3) is 33.4 Å². The zero-order valence-electron chi connectivity index (χ0n) is 34.9. The molecule has 0 fully saturated rings. The highest BCUT2D eigenvalue weighted by molar-refractivity contribution is 7.00. The molecule has 5 nitrogen and oxygen atoms in total. The van der Waals surface area contributed by atoms with E-state index >= 15 is 0 Å². The van der Waals surface area contributed by atoms with Gasteiger partial charge in [0, 0.05) is 76.0 Å². The highest BCUT2D eigenvalue weighted by atomic mass is 15.2. The molecule has 0 saturated carbocycles. The number of anilines is 9. The first-order chi connectivity index (χ1) is 31.8. The summed E-state index contributed by atoms with van der Waals surface area (Å²) in [5, 5.41) is 0. The van der Waals surface area contributed by atoms with Gasteiger partial charge in [0.15, 0.2) is 0 Å². The molecule has 8 aromatic carbocycles. The van der Waals surface area contributed by atoms with Gasteiger partial charge in [-0.2, -0.15) is 0 Å². The topological polar surface area (TPSA) is 35.5 Å². The van der Waals surface area contributed by atoms with Gasteiger partial charge in [-0.05, 0) is 159 Å². The summed E-state index contributed by atoms with van der Waals surface area (Å²) in [6, 6.07) is 79.2. The third-order valence-corrected chi connectivity index (χ3v) is 12.6. The van der Waals surface area contributed by atoms with Gasteiger partial charge < -0.3 is 14.7 Å². The van der Waals surface area contributed by atoms with Crippen molar-refractivity contribution in [2.45, 2.75) is 0 Å². The fourth-order valence-corrected chi connectivity index (χ4v) is 9.76. The molecule has 0 N–H and O–H groups in total. The van der Waals surface area contributed by atoms with Crippen molar-refractivity contribution in [3.63, 3.8) is 0 Å². The lowest BCUT2D eigenvalue weighted by atomic mass is 9.33. The van der Waals surface area contributed by atoms with Crippen LogP contribution in [0.15, 0.2) is 243 Å². The van der Waals surface area contributed by atoms with E-state index in [0.717, 1.165) is 73.3 Å². The molecule has 64 heavy (non-hydrogen) atoms. The minimum atomic E-state index is -0.0195. The van der Waals surface area contributed by atoms with E-state index < -0.39 is 0 Å². The summed E-state index contributed by atoms with van der Waals surface area (Å²) in [7, 11) is 0. The molecule has 0 bridgehead atoms. The molecule has 12 rings (SSSR count). The molecule has 2 aliphatic heterocycles. The van der Waals surface area contributed by atoms with Crippen molar-refractivity contribution in [3.05, 3.63) is 243 Å². The quantitative estimate of drug-likeness (QED) is 0.143. The van der Waals surface area contributed by atoms with Gasteiger partial charge in [-0.3, -0.25) is 9.97 Å². The van der Waals surface area contributed by atoms with Crippen LogP contribution in [0, 0.1) is 0 Å². The standard InChI is InChI=1S/C58H40BN5/c1-4-13-41(14-5-1)45-37-46(44-31-35-61-36-32-44)39-51(38-45)64-54-20-11-10-19-52(54)59-53-28-27-50(62(47-15-6-2-7-16-47)48-17-8-3-9-18-48)40-57(53)63(55-21-12-22-56(64)58(55)59)49-25-23-42(24-26-49)43-29-33-60-34-30-43/h1-40H. The molecular formula is C58H40BN5. The summed E-state index contributed by atoms with van der Waals surface area (Å²) in [5.74, 6) is 0. The fraction of sp³-hybridized carbons (Fsp3) is 0. The summed E-state index contributed by atoms with van der Waals surface area (Å²) in [6.45, 7) is -0.0195. The molecule has 0 amide bonds. The van der Waals surface area contributed by atoms with Crippen molar-refractivity contribution in [1.29, 1.82) is 0 Å². The first-order valence-electron chi connectivity index (χ1n) is 21.7. The number of pyridine rings is 2. The molecule has 0 saturated heterocycles. The summed E-state index contributed by atoms with van der Waals surface area (Å²) >= 11 is 0. The highest BCUT2D eigenvalue weighted by Crippen LogP contribution is 2.47. The second kappa shape index (κ2) is 15.8. The third-order valence-electron chi connectivity index (χ3n) is 12.6. The van der Waals surface area contributed by atoms with Crippen LogP contribution in [-0.4, -0.2) is 16.7 Å². The van der Waals surface area contributed by atoms with Gasteiger partial charge in [0.2, 0.25) is 0 Å². The van der Waals surface area contributed by atoms with Gasteiger partial charge >= 0.3 is 0 Å². The Morgan fingerprint density at radius 2 is 0.797 bits per heavy atom. The number of benzene rings is 8. The van der Waals surface area contributed by atoms with E-state index in [0.29, 0.717) is 0 Å². The van der Waals surface area contributed by atoms with E-state index in [1.807, 2.05) is 24.8 Å². The van der Waals surface area contributed by atoms with E-state index in [9.17, 15) is 0 Å². The lowest BCUT2D eigenvalue weighted by Gasteiger charge is -2.44. The zero-order chi connectivity index (χ0) is 42.4. The second-order valence-corrected chi connectivity index (χ2v) is 16.3. The van der Waals surface area contributed by atoms with Gasteiger partial charge in [-0.15, -0.1) is 0 Å². The van der Waals surface area contributed by atoms with E-state index in [-0.39, 0.29) is 6.71 Å². The monoisotopic (exact) mass is 817 g/mol. The molecule has 0 radical (unpaired) electrons. The van der Waals surface area contributed by atoms with Gasteiger partial charge in [0.05, 0.1) is 0 Å². The van der Waals surface area contributed by atoms with Crippen LogP contribution in [0.1, 0.15) is 0 Å². The predicted molar refractivity (Wildman–Crippen MR) is 267 cm³/mol. The Morgan fingerprint density at radius 3 is 1.42 bits per heavy atom. The van der Waals surface area contributed by atoms with Crippen LogP contribution < -0.4 is 31.1 Å². The van der Waals surface area contributed by atoms with Gasteiger partial charge in [0.25, 0.3) is 6.71 Å². The Morgan fingerprint density at radius 1 is 0.312 bits per heavy atom.